The minimum Gasteiger partial charge on any atom is -0.481 e. The van der Waals surface area contributed by atoms with E-state index in [-0.39, 0.29) is 24.1 Å². The highest BCUT2D eigenvalue weighted by Gasteiger charge is 2.38. The molecular formula is C30H30F3N5O6. The van der Waals surface area contributed by atoms with E-state index in [1.807, 2.05) is 30.3 Å². The summed E-state index contributed by atoms with van der Waals surface area (Å²) in [5, 5.41) is 27.1. The molecule has 0 bridgehead atoms. The van der Waals surface area contributed by atoms with Gasteiger partial charge >= 0.3 is 18.1 Å². The number of anilines is 2. The lowest BCUT2D eigenvalue weighted by atomic mass is 10.1. The normalized spacial score (nSPS) is 14.2. The van der Waals surface area contributed by atoms with Gasteiger partial charge in [-0.25, -0.2) is 4.79 Å². The van der Waals surface area contributed by atoms with Crippen LogP contribution in [0.3, 0.4) is 0 Å². The van der Waals surface area contributed by atoms with Crippen LogP contribution in [0.25, 0.3) is 0 Å². The van der Waals surface area contributed by atoms with Gasteiger partial charge in [-0.1, -0.05) is 36.4 Å². The Morgan fingerprint density at radius 2 is 1.61 bits per heavy atom. The third-order valence-corrected chi connectivity index (χ3v) is 6.66. The van der Waals surface area contributed by atoms with Gasteiger partial charge in [0.2, 0.25) is 5.91 Å². The van der Waals surface area contributed by atoms with Crippen molar-refractivity contribution in [3.8, 4) is 0 Å². The third-order valence-electron chi connectivity index (χ3n) is 6.66. The predicted octanol–water partition coefficient (Wildman–Crippen LogP) is 3.72. The Hall–Kier alpha value is -5.40. The van der Waals surface area contributed by atoms with Crippen LogP contribution in [0.15, 0.2) is 72.8 Å². The minimum absolute atomic E-state index is 0.0550. The number of halogens is 3. The van der Waals surface area contributed by atoms with E-state index in [4.69, 9.17) is 21.0 Å². The van der Waals surface area contributed by atoms with Crippen molar-refractivity contribution in [3.63, 3.8) is 0 Å². The molecule has 0 aromatic heterocycles. The summed E-state index contributed by atoms with van der Waals surface area (Å²) >= 11 is 0. The second-order valence-electron chi connectivity index (χ2n) is 9.79. The van der Waals surface area contributed by atoms with E-state index in [0.717, 1.165) is 11.1 Å². The Bertz CT molecular complexity index is 1530. The summed E-state index contributed by atoms with van der Waals surface area (Å²) in [5.74, 6) is -4.46. The summed E-state index contributed by atoms with van der Waals surface area (Å²) in [7, 11) is 1.65. The van der Waals surface area contributed by atoms with Gasteiger partial charge in [0.1, 0.15) is 11.9 Å². The van der Waals surface area contributed by atoms with Crippen LogP contribution in [0, 0.1) is 5.41 Å². The number of benzene rings is 3. The number of rotatable bonds is 8. The molecule has 0 aliphatic carbocycles. The third kappa shape index (κ3) is 8.80. The van der Waals surface area contributed by atoms with Crippen LogP contribution in [0.4, 0.5) is 24.5 Å². The smallest absolute Gasteiger partial charge is 0.481 e. The lowest BCUT2D eigenvalue weighted by Gasteiger charge is -2.24. The number of hydrogen-bond acceptors (Lipinski definition) is 6. The van der Waals surface area contributed by atoms with Gasteiger partial charge in [-0.05, 0) is 53.9 Å². The van der Waals surface area contributed by atoms with Crippen molar-refractivity contribution in [1.29, 1.82) is 5.41 Å². The van der Waals surface area contributed by atoms with Gasteiger partial charge in [-0.3, -0.25) is 19.8 Å². The molecule has 0 saturated heterocycles. The number of nitrogens with two attached hydrogens (primary N) is 1. The lowest BCUT2D eigenvalue weighted by Crippen LogP contribution is -2.42. The van der Waals surface area contributed by atoms with Crippen molar-refractivity contribution in [1.82, 2.24) is 4.90 Å². The number of carboxylic acid groups (broad SMARTS) is 2. The van der Waals surface area contributed by atoms with Crippen molar-refractivity contribution in [2.75, 3.05) is 23.8 Å². The average molecular weight is 614 g/mol. The van der Waals surface area contributed by atoms with E-state index in [1.165, 1.54) is 4.90 Å². The van der Waals surface area contributed by atoms with Crippen molar-refractivity contribution in [2.45, 2.75) is 31.6 Å². The second-order valence-corrected chi connectivity index (χ2v) is 9.79. The summed E-state index contributed by atoms with van der Waals surface area (Å²) < 4.78 is 31.7. The highest BCUT2D eigenvalue weighted by atomic mass is 19.4. The van der Waals surface area contributed by atoms with Gasteiger partial charge in [0, 0.05) is 42.6 Å². The van der Waals surface area contributed by atoms with E-state index in [2.05, 4.69) is 5.32 Å². The topological polar surface area (TPSA) is 177 Å². The molecule has 1 atom stereocenters. The molecule has 0 fully saturated rings. The van der Waals surface area contributed by atoms with Crippen molar-refractivity contribution in [3.05, 3.63) is 95.1 Å². The first-order chi connectivity index (χ1) is 20.7. The molecule has 3 aromatic rings. The van der Waals surface area contributed by atoms with Crippen molar-refractivity contribution in [2.24, 2.45) is 5.73 Å². The van der Waals surface area contributed by atoms with Crippen LogP contribution < -0.4 is 16.0 Å². The maximum Gasteiger partial charge on any atom is 0.490 e. The molecule has 6 N–H and O–H groups in total. The summed E-state index contributed by atoms with van der Waals surface area (Å²) in [5.41, 5.74) is 9.54. The first-order valence-electron chi connectivity index (χ1n) is 13.1. The number of hydrogen-bond donors (Lipinski definition) is 5. The zero-order valence-corrected chi connectivity index (χ0v) is 23.5. The zero-order chi connectivity index (χ0) is 32.6. The number of carboxylic acids is 2. The highest BCUT2D eigenvalue weighted by molar-refractivity contribution is 6.07. The summed E-state index contributed by atoms with van der Waals surface area (Å²) in [6, 6.07) is 20.8. The SMILES string of the molecule is CN(C(=O)c1ccc2c(c1)N[C@@H](CC(=O)O)C(=O)N(CCc1ccccc1)C2)c1ccc(C(=N)N)cc1.O=C(O)C(F)(F)F. The average Bonchev–Trinajstić information content (AvgIpc) is 3.10. The number of amides is 2. The molecule has 3 aromatic carbocycles. The number of aliphatic carboxylic acids is 2. The number of nitrogens with zero attached hydrogens (tertiary/aromatic N) is 2. The molecule has 0 saturated carbocycles. The molecule has 1 heterocycles. The van der Waals surface area contributed by atoms with Crippen molar-refractivity contribution >= 4 is 41.0 Å². The lowest BCUT2D eigenvalue weighted by molar-refractivity contribution is -0.192. The van der Waals surface area contributed by atoms with Gasteiger partial charge in [0.05, 0.1) is 6.42 Å². The molecule has 2 amide bonds. The highest BCUT2D eigenvalue weighted by Crippen LogP contribution is 2.27. The quantitative estimate of drug-likeness (QED) is 0.189. The molecule has 232 valence electrons. The first-order valence-corrected chi connectivity index (χ1v) is 13.1. The van der Waals surface area contributed by atoms with Crippen LogP contribution in [0.2, 0.25) is 0 Å². The molecule has 0 unspecified atom stereocenters. The van der Waals surface area contributed by atoms with Gasteiger partial charge < -0.3 is 31.1 Å². The number of fused-ring (bicyclic) bond motifs is 1. The maximum atomic E-state index is 13.3. The Morgan fingerprint density at radius 3 is 2.16 bits per heavy atom. The van der Waals surface area contributed by atoms with Crippen molar-refractivity contribution < 1.29 is 42.6 Å². The molecule has 4 rings (SSSR count). The molecule has 1 aliphatic heterocycles. The van der Waals surface area contributed by atoms with E-state index < -0.39 is 24.2 Å². The fourth-order valence-electron chi connectivity index (χ4n) is 4.32. The second kappa shape index (κ2) is 14.2. The summed E-state index contributed by atoms with van der Waals surface area (Å²) in [6.07, 6.45) is -4.81. The monoisotopic (exact) mass is 613 g/mol. The Labute approximate surface area is 250 Å². The number of alkyl halides is 3. The Balaban J connectivity index is 0.000000676. The fraction of sp³-hybridized carbons (Fsp3) is 0.233. The van der Waals surface area contributed by atoms with E-state index >= 15 is 0 Å². The van der Waals surface area contributed by atoms with E-state index in [9.17, 15) is 32.7 Å². The molecule has 14 heteroatoms. The largest absolute Gasteiger partial charge is 0.490 e. The number of nitrogen functional groups attached to an aromatic ring is 1. The van der Waals surface area contributed by atoms with Gasteiger partial charge in [-0.15, -0.1) is 0 Å². The summed E-state index contributed by atoms with van der Waals surface area (Å²) in [4.78, 5) is 50.1. The van der Waals surface area contributed by atoms with Gasteiger partial charge in [0.25, 0.3) is 5.91 Å². The van der Waals surface area contributed by atoms with Crippen LogP contribution in [0.1, 0.15) is 33.5 Å². The first kappa shape index (κ1) is 33.1. The Morgan fingerprint density at radius 1 is 1.02 bits per heavy atom. The number of carbonyl (C=O) groups excluding carboxylic acids is 2. The maximum absolute atomic E-state index is 13.3. The Kier molecular flexibility index (Phi) is 10.7. The number of nitrogens with one attached hydrogen (secondary N) is 2. The molecule has 11 nitrogen and oxygen atoms in total. The minimum atomic E-state index is -5.08. The van der Waals surface area contributed by atoms with E-state index in [1.54, 1.807) is 54.4 Å². The molecule has 1 aliphatic rings. The van der Waals surface area contributed by atoms with Crippen LogP contribution in [-0.4, -0.2) is 70.5 Å². The number of carbonyl (C=O) groups is 4. The summed E-state index contributed by atoms with van der Waals surface area (Å²) in [6.45, 7) is 0.751. The fourth-order valence-corrected chi connectivity index (χ4v) is 4.32. The molecule has 0 spiro atoms. The van der Waals surface area contributed by atoms with Gasteiger partial charge in [0.15, 0.2) is 0 Å². The van der Waals surface area contributed by atoms with Gasteiger partial charge in [-0.2, -0.15) is 13.2 Å². The van der Waals surface area contributed by atoms with Crippen LogP contribution in [0.5, 0.6) is 0 Å². The molecule has 44 heavy (non-hydrogen) atoms. The van der Waals surface area contributed by atoms with Crippen LogP contribution in [-0.2, 0) is 27.3 Å². The number of amidine groups is 1. The molecular weight excluding hydrogens is 583 g/mol. The predicted molar refractivity (Wildman–Crippen MR) is 156 cm³/mol. The van der Waals surface area contributed by atoms with E-state index in [0.29, 0.717) is 42.0 Å². The molecule has 0 radical (unpaired) electrons. The zero-order valence-electron chi connectivity index (χ0n) is 23.5. The van der Waals surface area contributed by atoms with Crippen LogP contribution >= 0.6 is 0 Å². The standard InChI is InChI=1S/C28H29N5O4.C2HF3O2/c1-32(22-11-9-19(10-12-22)26(29)30)27(36)20-7-8-21-17-33(14-13-18-5-3-2-4-6-18)28(37)24(16-25(34)35)31-23(21)15-20;3-2(4,5)1(6)7/h2-12,15,24,31H,13-14,16-17H2,1H3,(H3,29,30)(H,34,35);(H,6,7)/t24-;/m0./s1.